The van der Waals surface area contributed by atoms with Crippen molar-refractivity contribution in [1.29, 1.82) is 0 Å². The molecule has 30 heavy (non-hydrogen) atoms. The second-order valence-corrected chi connectivity index (χ2v) is 8.24. The zero-order valence-corrected chi connectivity index (χ0v) is 18.2. The van der Waals surface area contributed by atoms with Crippen LogP contribution >= 0.6 is 0 Å². The van der Waals surface area contributed by atoms with Crippen LogP contribution in [0.2, 0.25) is 0 Å². The van der Waals surface area contributed by atoms with Gasteiger partial charge in [-0.3, -0.25) is 4.90 Å². The predicted octanol–water partition coefficient (Wildman–Crippen LogP) is 4.92. The number of H-pyrrole nitrogens is 1. The molecule has 0 radical (unpaired) electrons. The molecule has 2 aromatic carbocycles. The molecule has 0 aliphatic carbocycles. The first-order valence-electron chi connectivity index (χ1n) is 10.5. The Morgan fingerprint density at radius 1 is 1.13 bits per heavy atom. The number of nitrogens with one attached hydrogen (secondary N) is 1. The predicted molar refractivity (Wildman–Crippen MR) is 119 cm³/mol. The second kappa shape index (κ2) is 8.62. The minimum Gasteiger partial charge on any atom is -0.465 e. The van der Waals surface area contributed by atoms with E-state index < -0.39 is 0 Å². The number of aromatic amines is 1. The molecule has 4 rings (SSSR count). The van der Waals surface area contributed by atoms with Gasteiger partial charge in [0.05, 0.1) is 18.8 Å². The largest absolute Gasteiger partial charge is 0.465 e. The molecule has 1 fully saturated rings. The number of aromatic nitrogens is 1. The van der Waals surface area contributed by atoms with Crippen LogP contribution in [-0.4, -0.2) is 42.7 Å². The highest BCUT2D eigenvalue weighted by Crippen LogP contribution is 2.35. The molecule has 0 bridgehead atoms. The Hall–Kier alpha value is -2.63. The van der Waals surface area contributed by atoms with Gasteiger partial charge in [-0.15, -0.1) is 0 Å². The zero-order valence-electron chi connectivity index (χ0n) is 18.2. The highest BCUT2D eigenvalue weighted by atomic mass is 16.5. The number of carbonyl (C=O) groups is 1. The molecular formula is C25H30N2O3. The SMILES string of the molecule is COC(=O)c1ccc(C2CC(OC)CCN2Cc2c(C)cc(C)c3[nH]ccc23)cc1. The maximum absolute atomic E-state index is 11.8. The molecule has 5 heteroatoms. The smallest absolute Gasteiger partial charge is 0.337 e. The molecule has 0 amide bonds. The molecular weight excluding hydrogens is 376 g/mol. The number of benzene rings is 2. The number of hydrogen-bond donors (Lipinski definition) is 1. The third kappa shape index (κ3) is 3.87. The van der Waals surface area contributed by atoms with Crippen molar-refractivity contribution < 1.29 is 14.3 Å². The molecule has 2 heterocycles. The maximum Gasteiger partial charge on any atom is 0.337 e. The first-order chi connectivity index (χ1) is 14.5. The van der Waals surface area contributed by atoms with Gasteiger partial charge in [0.1, 0.15) is 0 Å². The molecule has 1 saturated heterocycles. The third-order valence-corrected chi connectivity index (χ3v) is 6.45. The Morgan fingerprint density at radius 2 is 1.90 bits per heavy atom. The Balaban J connectivity index is 1.66. The van der Waals surface area contributed by atoms with E-state index in [9.17, 15) is 4.79 Å². The van der Waals surface area contributed by atoms with Gasteiger partial charge in [-0.1, -0.05) is 18.2 Å². The summed E-state index contributed by atoms with van der Waals surface area (Å²) in [6, 6.07) is 12.5. The summed E-state index contributed by atoms with van der Waals surface area (Å²) >= 11 is 0. The van der Waals surface area contributed by atoms with Gasteiger partial charge in [0.25, 0.3) is 0 Å². The molecule has 1 aliphatic rings. The van der Waals surface area contributed by atoms with Gasteiger partial charge in [-0.05, 0) is 67.1 Å². The maximum atomic E-state index is 11.8. The van der Waals surface area contributed by atoms with Gasteiger partial charge in [0, 0.05) is 43.3 Å². The summed E-state index contributed by atoms with van der Waals surface area (Å²) in [6.07, 6.45) is 4.24. The molecule has 3 aromatic rings. The van der Waals surface area contributed by atoms with Gasteiger partial charge in [-0.25, -0.2) is 4.79 Å². The van der Waals surface area contributed by atoms with Crippen LogP contribution in [0.15, 0.2) is 42.6 Å². The summed E-state index contributed by atoms with van der Waals surface area (Å²) < 4.78 is 10.6. The fourth-order valence-electron chi connectivity index (χ4n) is 4.75. The Labute approximate surface area is 178 Å². The number of hydrogen-bond acceptors (Lipinski definition) is 4. The van der Waals surface area contributed by atoms with Crippen molar-refractivity contribution in [3.63, 3.8) is 0 Å². The molecule has 5 nitrogen and oxygen atoms in total. The lowest BCUT2D eigenvalue weighted by atomic mass is 9.91. The molecule has 1 aromatic heterocycles. The van der Waals surface area contributed by atoms with Crippen molar-refractivity contribution in [3.05, 3.63) is 70.4 Å². The average Bonchev–Trinajstić information content (AvgIpc) is 3.26. The number of esters is 1. The van der Waals surface area contributed by atoms with Gasteiger partial charge >= 0.3 is 5.97 Å². The second-order valence-electron chi connectivity index (χ2n) is 8.24. The summed E-state index contributed by atoms with van der Waals surface area (Å²) in [5.74, 6) is -0.304. The molecule has 0 spiro atoms. The van der Waals surface area contributed by atoms with Crippen LogP contribution in [0.5, 0.6) is 0 Å². The highest BCUT2D eigenvalue weighted by molar-refractivity contribution is 5.89. The first kappa shape index (κ1) is 20.6. The van der Waals surface area contributed by atoms with E-state index in [2.05, 4.69) is 48.0 Å². The molecule has 158 valence electrons. The van der Waals surface area contributed by atoms with Gasteiger partial charge < -0.3 is 14.5 Å². The van der Waals surface area contributed by atoms with E-state index in [1.807, 2.05) is 18.3 Å². The number of methoxy groups -OCH3 is 2. The van der Waals surface area contributed by atoms with Gasteiger partial charge in [0.15, 0.2) is 0 Å². The van der Waals surface area contributed by atoms with Crippen molar-refractivity contribution in [2.45, 2.75) is 45.4 Å². The van der Waals surface area contributed by atoms with Crippen LogP contribution in [0.25, 0.3) is 10.9 Å². The van der Waals surface area contributed by atoms with E-state index in [0.717, 1.165) is 25.9 Å². The van der Waals surface area contributed by atoms with E-state index >= 15 is 0 Å². The Bertz CT molecular complexity index is 1040. The van der Waals surface area contributed by atoms with Crippen molar-refractivity contribution in [2.75, 3.05) is 20.8 Å². The summed E-state index contributed by atoms with van der Waals surface area (Å²) in [6.45, 7) is 6.23. The highest BCUT2D eigenvalue weighted by Gasteiger charge is 2.30. The lowest BCUT2D eigenvalue weighted by Crippen LogP contribution is -2.39. The Kier molecular flexibility index (Phi) is 5.93. The molecule has 2 unspecified atom stereocenters. The first-order valence-corrected chi connectivity index (χ1v) is 10.5. The molecule has 1 aliphatic heterocycles. The number of aryl methyl sites for hydroxylation is 2. The minimum atomic E-state index is -0.304. The topological polar surface area (TPSA) is 54.6 Å². The standard InChI is InChI=1S/C25H30N2O3/c1-16-13-17(2)24-21(9-11-26-24)22(16)15-27-12-10-20(29-3)14-23(27)18-5-7-19(8-6-18)25(28)30-4/h5-9,11,13,20,23,26H,10,12,14-15H2,1-4H3. The van der Waals surface area contributed by atoms with Crippen LogP contribution in [0, 0.1) is 13.8 Å². The van der Waals surface area contributed by atoms with Crippen molar-refractivity contribution in [2.24, 2.45) is 0 Å². The van der Waals surface area contributed by atoms with Crippen molar-refractivity contribution in [3.8, 4) is 0 Å². The summed E-state index contributed by atoms with van der Waals surface area (Å²) in [5, 5.41) is 1.31. The molecule has 0 saturated carbocycles. The van der Waals surface area contributed by atoms with E-state index in [1.54, 1.807) is 7.11 Å². The fourth-order valence-corrected chi connectivity index (χ4v) is 4.75. The number of rotatable bonds is 5. The molecule has 1 N–H and O–H groups in total. The van der Waals surface area contributed by atoms with Crippen LogP contribution in [0.3, 0.4) is 0 Å². The van der Waals surface area contributed by atoms with E-state index in [0.29, 0.717) is 5.56 Å². The van der Waals surface area contributed by atoms with Gasteiger partial charge in [-0.2, -0.15) is 0 Å². The number of likely N-dealkylation sites (tertiary alicyclic amines) is 1. The summed E-state index contributed by atoms with van der Waals surface area (Å²) in [4.78, 5) is 17.8. The van der Waals surface area contributed by atoms with Gasteiger partial charge in [0.2, 0.25) is 0 Å². The van der Waals surface area contributed by atoms with Crippen LogP contribution in [-0.2, 0) is 16.0 Å². The van der Waals surface area contributed by atoms with Crippen LogP contribution in [0.1, 0.15) is 51.5 Å². The van der Waals surface area contributed by atoms with Crippen LogP contribution in [0.4, 0.5) is 0 Å². The number of fused-ring (bicyclic) bond motifs is 1. The normalized spacial score (nSPS) is 19.9. The monoisotopic (exact) mass is 406 g/mol. The third-order valence-electron chi connectivity index (χ3n) is 6.45. The molecule has 2 atom stereocenters. The lowest BCUT2D eigenvalue weighted by molar-refractivity contribution is 0.00690. The minimum absolute atomic E-state index is 0.241. The van der Waals surface area contributed by atoms with E-state index in [1.165, 1.54) is 40.3 Å². The summed E-state index contributed by atoms with van der Waals surface area (Å²) in [7, 11) is 3.21. The average molecular weight is 407 g/mol. The van der Waals surface area contributed by atoms with E-state index in [4.69, 9.17) is 9.47 Å². The van der Waals surface area contributed by atoms with E-state index in [-0.39, 0.29) is 18.1 Å². The number of nitrogens with zero attached hydrogens (tertiary/aromatic N) is 1. The quantitative estimate of drug-likeness (QED) is 0.611. The lowest BCUT2D eigenvalue weighted by Gasteiger charge is -2.39. The number of carbonyl (C=O) groups excluding carboxylic acids is 1. The fraction of sp³-hybridized carbons (Fsp3) is 0.400. The van der Waals surface area contributed by atoms with Crippen molar-refractivity contribution in [1.82, 2.24) is 9.88 Å². The van der Waals surface area contributed by atoms with Crippen molar-refractivity contribution >= 4 is 16.9 Å². The Morgan fingerprint density at radius 3 is 2.60 bits per heavy atom. The number of ether oxygens (including phenoxy) is 2. The van der Waals surface area contributed by atoms with Crippen LogP contribution < -0.4 is 0 Å². The zero-order chi connectivity index (χ0) is 21.3. The summed E-state index contributed by atoms with van der Waals surface area (Å²) in [5.41, 5.74) is 7.00. The number of piperidine rings is 1.